The maximum Gasteiger partial charge on any atom is 0.169 e. The molecule has 1 aliphatic heterocycles. The van der Waals surface area contributed by atoms with Gasteiger partial charge in [-0.05, 0) is 6.42 Å². The lowest BCUT2D eigenvalue weighted by molar-refractivity contribution is -0.295. The van der Waals surface area contributed by atoms with Gasteiger partial charge in [0.1, 0.15) is 6.29 Å². The SMILES string of the molecule is CC1(C)COC2(CCC(C=O)C2)OC1. The first-order valence-electron chi connectivity index (χ1n) is 5.29. The molecular weight excluding hydrogens is 180 g/mol. The molecule has 0 radical (unpaired) electrons. The molecule has 3 heteroatoms. The van der Waals surface area contributed by atoms with E-state index in [0.29, 0.717) is 0 Å². The van der Waals surface area contributed by atoms with E-state index in [4.69, 9.17) is 9.47 Å². The molecule has 1 saturated carbocycles. The molecule has 14 heavy (non-hydrogen) atoms. The predicted molar refractivity (Wildman–Crippen MR) is 51.8 cm³/mol. The molecule has 2 rings (SSSR count). The summed E-state index contributed by atoms with van der Waals surface area (Å²) < 4.78 is 11.6. The summed E-state index contributed by atoms with van der Waals surface area (Å²) in [6.07, 6.45) is 3.55. The zero-order chi connectivity index (χ0) is 10.2. The van der Waals surface area contributed by atoms with Crippen LogP contribution >= 0.6 is 0 Å². The van der Waals surface area contributed by atoms with Gasteiger partial charge in [-0.15, -0.1) is 0 Å². The van der Waals surface area contributed by atoms with Gasteiger partial charge in [0.25, 0.3) is 0 Å². The molecule has 0 amide bonds. The minimum absolute atomic E-state index is 0.116. The number of ether oxygens (including phenoxy) is 2. The zero-order valence-electron chi connectivity index (χ0n) is 8.91. The summed E-state index contributed by atoms with van der Waals surface area (Å²) in [5, 5.41) is 0. The average Bonchev–Trinajstić information content (AvgIpc) is 2.56. The minimum atomic E-state index is -0.429. The molecule has 0 aromatic carbocycles. The maximum atomic E-state index is 10.6. The number of hydrogen-bond donors (Lipinski definition) is 0. The number of carbonyl (C=O) groups excluding carboxylic acids is 1. The Morgan fingerprint density at radius 2 is 1.93 bits per heavy atom. The van der Waals surface area contributed by atoms with E-state index in [9.17, 15) is 4.79 Å². The molecule has 1 heterocycles. The van der Waals surface area contributed by atoms with Crippen molar-refractivity contribution in [2.75, 3.05) is 13.2 Å². The van der Waals surface area contributed by atoms with E-state index < -0.39 is 5.79 Å². The molecule has 80 valence electrons. The molecule has 1 aliphatic carbocycles. The van der Waals surface area contributed by atoms with Crippen LogP contribution in [0.5, 0.6) is 0 Å². The van der Waals surface area contributed by atoms with Crippen LogP contribution in [0, 0.1) is 11.3 Å². The van der Waals surface area contributed by atoms with E-state index in [-0.39, 0.29) is 11.3 Å². The molecule has 1 spiro atoms. The van der Waals surface area contributed by atoms with Crippen molar-refractivity contribution >= 4 is 6.29 Å². The average molecular weight is 198 g/mol. The predicted octanol–water partition coefficient (Wildman–Crippen LogP) is 1.75. The smallest absolute Gasteiger partial charge is 0.169 e. The van der Waals surface area contributed by atoms with Gasteiger partial charge in [0.15, 0.2) is 5.79 Å². The summed E-state index contributed by atoms with van der Waals surface area (Å²) in [4.78, 5) is 10.6. The normalized spacial score (nSPS) is 34.6. The lowest BCUT2D eigenvalue weighted by atomic mass is 9.94. The van der Waals surface area contributed by atoms with Gasteiger partial charge >= 0.3 is 0 Å². The highest BCUT2D eigenvalue weighted by Crippen LogP contribution is 2.42. The number of aldehydes is 1. The first-order chi connectivity index (χ1) is 6.55. The van der Waals surface area contributed by atoms with Gasteiger partial charge in [-0.2, -0.15) is 0 Å². The zero-order valence-corrected chi connectivity index (χ0v) is 8.91. The fourth-order valence-corrected chi connectivity index (χ4v) is 2.12. The van der Waals surface area contributed by atoms with Crippen LogP contribution in [0.2, 0.25) is 0 Å². The number of rotatable bonds is 1. The van der Waals surface area contributed by atoms with E-state index >= 15 is 0 Å². The van der Waals surface area contributed by atoms with E-state index in [0.717, 1.165) is 38.8 Å². The fraction of sp³-hybridized carbons (Fsp3) is 0.909. The molecular formula is C11H18O3. The lowest BCUT2D eigenvalue weighted by Crippen LogP contribution is -2.46. The lowest BCUT2D eigenvalue weighted by Gasteiger charge is -2.41. The highest BCUT2D eigenvalue weighted by Gasteiger charge is 2.45. The Morgan fingerprint density at radius 3 is 2.43 bits per heavy atom. The summed E-state index contributed by atoms with van der Waals surface area (Å²) in [5.74, 6) is -0.294. The highest BCUT2D eigenvalue weighted by molar-refractivity contribution is 5.54. The summed E-state index contributed by atoms with van der Waals surface area (Å²) in [6, 6.07) is 0. The largest absolute Gasteiger partial charge is 0.349 e. The molecule has 2 fully saturated rings. The topological polar surface area (TPSA) is 35.5 Å². The Kier molecular flexibility index (Phi) is 2.40. The Labute approximate surface area is 84.8 Å². The van der Waals surface area contributed by atoms with Gasteiger partial charge in [-0.25, -0.2) is 0 Å². The highest BCUT2D eigenvalue weighted by atomic mass is 16.7. The van der Waals surface area contributed by atoms with Crippen LogP contribution < -0.4 is 0 Å². The molecule has 1 saturated heterocycles. The van der Waals surface area contributed by atoms with Gasteiger partial charge in [-0.1, -0.05) is 13.8 Å². The monoisotopic (exact) mass is 198 g/mol. The Balaban J connectivity index is 1.97. The fourth-order valence-electron chi connectivity index (χ4n) is 2.12. The quantitative estimate of drug-likeness (QED) is 0.602. The van der Waals surface area contributed by atoms with Crippen LogP contribution in [0.3, 0.4) is 0 Å². The summed E-state index contributed by atoms with van der Waals surface area (Å²) >= 11 is 0. The van der Waals surface area contributed by atoms with Crippen molar-refractivity contribution in [2.45, 2.75) is 38.9 Å². The van der Waals surface area contributed by atoms with Crippen LogP contribution in [-0.4, -0.2) is 25.3 Å². The molecule has 0 bridgehead atoms. The summed E-state index contributed by atoms with van der Waals surface area (Å²) in [7, 11) is 0. The van der Waals surface area contributed by atoms with Crippen molar-refractivity contribution in [3.05, 3.63) is 0 Å². The van der Waals surface area contributed by atoms with Crippen molar-refractivity contribution < 1.29 is 14.3 Å². The summed E-state index contributed by atoms with van der Waals surface area (Å²) in [6.45, 7) is 5.73. The molecule has 1 unspecified atom stereocenters. The summed E-state index contributed by atoms with van der Waals surface area (Å²) in [5.41, 5.74) is 0.116. The minimum Gasteiger partial charge on any atom is -0.349 e. The first kappa shape index (κ1) is 10.1. The Hall–Kier alpha value is -0.410. The van der Waals surface area contributed by atoms with Crippen molar-refractivity contribution in [1.82, 2.24) is 0 Å². The third kappa shape index (κ3) is 1.84. The van der Waals surface area contributed by atoms with Crippen molar-refractivity contribution in [3.8, 4) is 0 Å². The van der Waals surface area contributed by atoms with Gasteiger partial charge in [0.05, 0.1) is 13.2 Å². The molecule has 0 aromatic rings. The van der Waals surface area contributed by atoms with Crippen LogP contribution in [0.15, 0.2) is 0 Å². The van der Waals surface area contributed by atoms with Crippen LogP contribution in [0.1, 0.15) is 33.1 Å². The standard InChI is InChI=1S/C11H18O3/c1-10(2)7-13-11(14-8-10)4-3-9(5-11)6-12/h6,9H,3-5,7-8H2,1-2H3. The maximum absolute atomic E-state index is 10.6. The van der Waals surface area contributed by atoms with Crippen LogP contribution in [-0.2, 0) is 14.3 Å². The van der Waals surface area contributed by atoms with E-state index in [1.807, 2.05) is 0 Å². The van der Waals surface area contributed by atoms with E-state index in [1.165, 1.54) is 0 Å². The molecule has 0 N–H and O–H groups in total. The van der Waals surface area contributed by atoms with Crippen LogP contribution in [0.25, 0.3) is 0 Å². The van der Waals surface area contributed by atoms with Gasteiger partial charge in [0.2, 0.25) is 0 Å². The van der Waals surface area contributed by atoms with Gasteiger partial charge in [0, 0.05) is 24.2 Å². The number of hydrogen-bond acceptors (Lipinski definition) is 3. The molecule has 3 nitrogen and oxygen atoms in total. The van der Waals surface area contributed by atoms with Gasteiger partial charge < -0.3 is 14.3 Å². The molecule has 0 aromatic heterocycles. The van der Waals surface area contributed by atoms with Gasteiger partial charge in [-0.3, -0.25) is 0 Å². The Morgan fingerprint density at radius 1 is 1.29 bits per heavy atom. The second-order valence-electron chi connectivity index (χ2n) is 5.29. The molecule has 2 aliphatic rings. The second kappa shape index (κ2) is 3.31. The third-order valence-electron chi connectivity index (χ3n) is 3.11. The van der Waals surface area contributed by atoms with Crippen molar-refractivity contribution in [3.63, 3.8) is 0 Å². The Bertz CT molecular complexity index is 225. The van der Waals surface area contributed by atoms with E-state index in [2.05, 4.69) is 13.8 Å². The van der Waals surface area contributed by atoms with E-state index in [1.54, 1.807) is 0 Å². The first-order valence-corrected chi connectivity index (χ1v) is 5.29. The van der Waals surface area contributed by atoms with Crippen molar-refractivity contribution in [1.29, 1.82) is 0 Å². The van der Waals surface area contributed by atoms with Crippen molar-refractivity contribution in [2.24, 2.45) is 11.3 Å². The molecule has 1 atom stereocenters. The number of carbonyl (C=O) groups is 1. The van der Waals surface area contributed by atoms with Crippen LogP contribution in [0.4, 0.5) is 0 Å². The second-order valence-corrected chi connectivity index (χ2v) is 5.29. The third-order valence-corrected chi connectivity index (χ3v) is 3.11.